The molecule has 1 saturated heterocycles. The van der Waals surface area contributed by atoms with Crippen LogP contribution < -0.4 is 0 Å². The van der Waals surface area contributed by atoms with Crippen LogP contribution in [0.2, 0.25) is 0 Å². The van der Waals surface area contributed by atoms with Crippen molar-refractivity contribution in [3.63, 3.8) is 0 Å². The molecular weight excluding hydrogens is 216 g/mol. The number of benzene rings is 1. The van der Waals surface area contributed by atoms with Crippen LogP contribution in [0.15, 0.2) is 24.3 Å². The van der Waals surface area contributed by atoms with Crippen molar-refractivity contribution in [2.24, 2.45) is 0 Å². The molecule has 3 rings (SSSR count). The minimum absolute atomic E-state index is 0.00731. The fourth-order valence-corrected chi connectivity index (χ4v) is 2.27. The lowest BCUT2D eigenvalue weighted by atomic mass is 10.0. The Hall–Kier alpha value is -0.900. The minimum Gasteiger partial charge on any atom is -0.385 e. The SMILES string of the molecule is CC1(C)OCC(c2ccc(C3(O)CC3)cc2)O1. The number of rotatable bonds is 2. The topological polar surface area (TPSA) is 38.7 Å². The second kappa shape index (κ2) is 3.55. The number of ether oxygens (including phenoxy) is 2. The van der Waals surface area contributed by atoms with E-state index in [1.807, 2.05) is 38.1 Å². The molecule has 1 heterocycles. The summed E-state index contributed by atoms with van der Waals surface area (Å²) in [4.78, 5) is 0. The summed E-state index contributed by atoms with van der Waals surface area (Å²) < 4.78 is 11.3. The van der Waals surface area contributed by atoms with Gasteiger partial charge >= 0.3 is 0 Å². The van der Waals surface area contributed by atoms with Gasteiger partial charge in [-0.25, -0.2) is 0 Å². The lowest BCUT2D eigenvalue weighted by Gasteiger charge is -2.17. The molecule has 1 saturated carbocycles. The molecule has 2 fully saturated rings. The monoisotopic (exact) mass is 234 g/mol. The van der Waals surface area contributed by atoms with Crippen molar-refractivity contribution in [3.05, 3.63) is 35.4 Å². The molecule has 3 heteroatoms. The first kappa shape index (κ1) is 11.2. The van der Waals surface area contributed by atoms with Crippen LogP contribution >= 0.6 is 0 Å². The summed E-state index contributed by atoms with van der Waals surface area (Å²) in [5.74, 6) is -0.488. The van der Waals surface area contributed by atoms with Crippen LogP contribution in [0.5, 0.6) is 0 Å². The van der Waals surface area contributed by atoms with Crippen LogP contribution in [0.25, 0.3) is 0 Å². The van der Waals surface area contributed by atoms with Crippen molar-refractivity contribution in [3.8, 4) is 0 Å². The van der Waals surface area contributed by atoms with E-state index in [0.29, 0.717) is 6.61 Å². The maximum Gasteiger partial charge on any atom is 0.163 e. The second-order valence-corrected chi connectivity index (χ2v) is 5.47. The lowest BCUT2D eigenvalue weighted by molar-refractivity contribution is -0.139. The second-order valence-electron chi connectivity index (χ2n) is 5.47. The highest BCUT2D eigenvalue weighted by atomic mass is 16.7. The molecule has 17 heavy (non-hydrogen) atoms. The van der Waals surface area contributed by atoms with Gasteiger partial charge in [-0.15, -0.1) is 0 Å². The van der Waals surface area contributed by atoms with Gasteiger partial charge in [-0.3, -0.25) is 0 Å². The largest absolute Gasteiger partial charge is 0.385 e. The van der Waals surface area contributed by atoms with Crippen molar-refractivity contribution in [1.82, 2.24) is 0 Å². The first-order valence-corrected chi connectivity index (χ1v) is 6.13. The van der Waals surface area contributed by atoms with E-state index in [1.165, 1.54) is 0 Å². The van der Waals surface area contributed by atoms with Crippen molar-refractivity contribution in [1.29, 1.82) is 0 Å². The summed E-state index contributed by atoms with van der Waals surface area (Å²) in [6.07, 6.45) is 1.76. The van der Waals surface area contributed by atoms with Crippen molar-refractivity contribution in [2.45, 2.75) is 44.2 Å². The van der Waals surface area contributed by atoms with Gasteiger partial charge in [0.1, 0.15) is 6.10 Å². The van der Waals surface area contributed by atoms with E-state index in [1.54, 1.807) is 0 Å². The van der Waals surface area contributed by atoms with E-state index in [-0.39, 0.29) is 6.10 Å². The Balaban J connectivity index is 1.77. The van der Waals surface area contributed by atoms with Gasteiger partial charge in [-0.2, -0.15) is 0 Å². The number of aliphatic hydroxyl groups is 1. The van der Waals surface area contributed by atoms with Crippen LogP contribution in [0.4, 0.5) is 0 Å². The average Bonchev–Trinajstić information content (AvgIpc) is 2.94. The molecule has 0 radical (unpaired) electrons. The van der Waals surface area contributed by atoms with E-state index in [2.05, 4.69) is 0 Å². The predicted molar refractivity (Wildman–Crippen MR) is 63.4 cm³/mol. The summed E-state index contributed by atoms with van der Waals surface area (Å²) in [7, 11) is 0. The average molecular weight is 234 g/mol. The van der Waals surface area contributed by atoms with Gasteiger partial charge in [0.2, 0.25) is 0 Å². The smallest absolute Gasteiger partial charge is 0.163 e. The zero-order valence-corrected chi connectivity index (χ0v) is 10.3. The number of hydrogen-bond acceptors (Lipinski definition) is 3. The Bertz CT molecular complexity index is 418. The third-order valence-electron chi connectivity index (χ3n) is 3.55. The Labute approximate surface area is 101 Å². The zero-order chi connectivity index (χ0) is 12.1. The van der Waals surface area contributed by atoms with Crippen molar-refractivity contribution >= 4 is 0 Å². The molecule has 3 nitrogen and oxygen atoms in total. The maximum absolute atomic E-state index is 9.98. The maximum atomic E-state index is 9.98. The Morgan fingerprint density at radius 1 is 1.18 bits per heavy atom. The summed E-state index contributed by atoms with van der Waals surface area (Å²) >= 11 is 0. The van der Waals surface area contributed by atoms with Crippen LogP contribution in [0, 0.1) is 0 Å². The van der Waals surface area contributed by atoms with Crippen molar-refractivity contribution in [2.75, 3.05) is 6.61 Å². The summed E-state index contributed by atoms with van der Waals surface area (Å²) in [6.45, 7) is 4.44. The Morgan fingerprint density at radius 2 is 1.82 bits per heavy atom. The van der Waals surface area contributed by atoms with Crippen LogP contribution in [0.1, 0.15) is 43.9 Å². The molecular formula is C14H18O3. The molecule has 0 aromatic heterocycles. The minimum atomic E-state index is -0.551. The zero-order valence-electron chi connectivity index (χ0n) is 10.3. The Kier molecular flexibility index (Phi) is 2.34. The molecule has 1 aliphatic heterocycles. The van der Waals surface area contributed by atoms with E-state index < -0.39 is 11.4 Å². The van der Waals surface area contributed by atoms with E-state index in [9.17, 15) is 5.11 Å². The van der Waals surface area contributed by atoms with Crippen LogP contribution in [0.3, 0.4) is 0 Å². The lowest BCUT2D eigenvalue weighted by Crippen LogP contribution is -2.19. The van der Waals surface area contributed by atoms with E-state index >= 15 is 0 Å². The van der Waals surface area contributed by atoms with Gasteiger partial charge in [-0.1, -0.05) is 24.3 Å². The fraction of sp³-hybridized carbons (Fsp3) is 0.571. The van der Waals surface area contributed by atoms with Gasteiger partial charge in [0.25, 0.3) is 0 Å². The van der Waals surface area contributed by atoms with E-state index in [4.69, 9.17) is 9.47 Å². The van der Waals surface area contributed by atoms with Crippen LogP contribution in [-0.2, 0) is 15.1 Å². The fourth-order valence-electron chi connectivity index (χ4n) is 2.27. The van der Waals surface area contributed by atoms with Gasteiger partial charge < -0.3 is 14.6 Å². The van der Waals surface area contributed by atoms with Gasteiger partial charge in [0.05, 0.1) is 12.2 Å². The van der Waals surface area contributed by atoms with E-state index in [0.717, 1.165) is 24.0 Å². The first-order valence-electron chi connectivity index (χ1n) is 6.13. The van der Waals surface area contributed by atoms with Gasteiger partial charge in [0.15, 0.2) is 5.79 Å². The molecule has 2 aliphatic rings. The van der Waals surface area contributed by atoms with Gasteiger partial charge in [-0.05, 0) is 37.8 Å². The summed E-state index contributed by atoms with van der Waals surface area (Å²) in [5, 5.41) is 9.98. The highest BCUT2D eigenvalue weighted by molar-refractivity contribution is 5.31. The highest BCUT2D eigenvalue weighted by Crippen LogP contribution is 2.45. The molecule has 1 aromatic carbocycles. The van der Waals surface area contributed by atoms with Crippen LogP contribution in [-0.4, -0.2) is 17.5 Å². The molecule has 1 unspecified atom stereocenters. The third kappa shape index (κ3) is 2.10. The quantitative estimate of drug-likeness (QED) is 0.854. The molecule has 1 aromatic rings. The molecule has 1 N–H and O–H groups in total. The van der Waals surface area contributed by atoms with Gasteiger partial charge in [0, 0.05) is 0 Å². The molecule has 0 spiro atoms. The molecule has 1 aliphatic carbocycles. The van der Waals surface area contributed by atoms with Crippen molar-refractivity contribution < 1.29 is 14.6 Å². The summed E-state index contributed by atoms with van der Waals surface area (Å²) in [5.41, 5.74) is 1.58. The standard InChI is InChI=1S/C14H18O3/c1-13(2)16-9-12(17-13)10-3-5-11(6-4-10)14(15)7-8-14/h3-6,12,15H,7-9H2,1-2H3. The normalized spacial score (nSPS) is 29.2. The summed E-state index contributed by atoms with van der Waals surface area (Å²) in [6, 6.07) is 8.05. The predicted octanol–water partition coefficient (Wildman–Crippen LogP) is 2.49. The molecule has 0 amide bonds. The number of hydrogen-bond donors (Lipinski definition) is 1. The molecule has 0 bridgehead atoms. The first-order chi connectivity index (χ1) is 7.99. The third-order valence-corrected chi connectivity index (χ3v) is 3.55. The Morgan fingerprint density at radius 3 is 2.29 bits per heavy atom. The molecule has 1 atom stereocenters. The highest BCUT2D eigenvalue weighted by Gasteiger charge is 2.42. The molecule has 92 valence electrons.